The van der Waals surface area contributed by atoms with Crippen LogP contribution in [0.2, 0.25) is 0 Å². The number of hydrogen-bond acceptors (Lipinski definition) is 2. The third kappa shape index (κ3) is 6.47. The zero-order chi connectivity index (χ0) is 14.3. The Balaban J connectivity index is 4.40. The van der Waals surface area contributed by atoms with Gasteiger partial charge in [-0.2, -0.15) is 0 Å². The second kappa shape index (κ2) is 7.95. The molecule has 18 heavy (non-hydrogen) atoms. The van der Waals surface area contributed by atoms with Crippen LogP contribution in [0.4, 0.5) is 4.79 Å². The van der Waals surface area contributed by atoms with Gasteiger partial charge in [0.25, 0.3) is 0 Å². The molecule has 0 bridgehead atoms. The lowest BCUT2D eigenvalue weighted by Gasteiger charge is -2.31. The van der Waals surface area contributed by atoms with Crippen molar-refractivity contribution in [3.05, 3.63) is 0 Å². The summed E-state index contributed by atoms with van der Waals surface area (Å²) < 4.78 is 0. The number of amides is 2. The van der Waals surface area contributed by atoms with Crippen molar-refractivity contribution in [2.45, 2.75) is 46.6 Å². The second-order valence-electron chi connectivity index (χ2n) is 5.32. The van der Waals surface area contributed by atoms with E-state index in [9.17, 15) is 9.59 Å². The maximum absolute atomic E-state index is 12.2. The van der Waals surface area contributed by atoms with E-state index in [-0.39, 0.29) is 25.0 Å². The van der Waals surface area contributed by atoms with Crippen molar-refractivity contribution >= 4 is 12.0 Å². The summed E-state index contributed by atoms with van der Waals surface area (Å²) in [5, 5.41) is 8.69. The Bertz CT molecular complexity index is 277. The summed E-state index contributed by atoms with van der Waals surface area (Å²) in [7, 11) is 1.76. The number of carboxylic acid groups (broad SMARTS) is 1. The van der Waals surface area contributed by atoms with Crippen LogP contribution in [0, 0.1) is 5.92 Å². The fraction of sp³-hybridized carbons (Fsp3) is 0.846. The van der Waals surface area contributed by atoms with E-state index in [1.54, 1.807) is 16.8 Å². The molecule has 0 aromatic heterocycles. The first-order valence-corrected chi connectivity index (χ1v) is 6.49. The van der Waals surface area contributed by atoms with Crippen LogP contribution >= 0.6 is 0 Å². The lowest BCUT2D eigenvalue weighted by atomic mass is 10.1. The number of carboxylic acids is 1. The van der Waals surface area contributed by atoms with Crippen molar-refractivity contribution in [1.29, 1.82) is 0 Å². The molecule has 0 unspecified atom stereocenters. The molecule has 5 heteroatoms. The molecule has 5 nitrogen and oxygen atoms in total. The SMILES string of the molecule is CC(C)CCN(C)C(=O)N(CCC(=O)O)C(C)C. The maximum Gasteiger partial charge on any atom is 0.319 e. The summed E-state index contributed by atoms with van der Waals surface area (Å²) in [4.78, 5) is 26.0. The first-order chi connectivity index (χ1) is 8.25. The number of carbonyl (C=O) groups is 2. The molecule has 0 aliphatic carbocycles. The Morgan fingerprint density at radius 3 is 2.06 bits per heavy atom. The number of urea groups is 1. The molecule has 0 aliphatic heterocycles. The van der Waals surface area contributed by atoms with Gasteiger partial charge in [0, 0.05) is 26.2 Å². The van der Waals surface area contributed by atoms with Crippen LogP contribution in [-0.2, 0) is 4.79 Å². The van der Waals surface area contributed by atoms with Gasteiger partial charge >= 0.3 is 12.0 Å². The van der Waals surface area contributed by atoms with Gasteiger partial charge in [-0.15, -0.1) is 0 Å². The van der Waals surface area contributed by atoms with E-state index in [0.29, 0.717) is 12.5 Å². The zero-order valence-corrected chi connectivity index (χ0v) is 12.1. The molecule has 0 rings (SSSR count). The van der Waals surface area contributed by atoms with Crippen molar-refractivity contribution in [3.8, 4) is 0 Å². The minimum absolute atomic E-state index is 0.0120. The number of hydrogen-bond donors (Lipinski definition) is 1. The van der Waals surface area contributed by atoms with Crippen molar-refractivity contribution in [2.24, 2.45) is 5.92 Å². The predicted molar refractivity (Wildman–Crippen MR) is 71.6 cm³/mol. The molecule has 106 valence electrons. The third-order valence-electron chi connectivity index (χ3n) is 2.80. The van der Waals surface area contributed by atoms with Crippen molar-refractivity contribution < 1.29 is 14.7 Å². The summed E-state index contributed by atoms with van der Waals surface area (Å²) >= 11 is 0. The molecule has 0 aromatic carbocycles. The van der Waals surface area contributed by atoms with Crippen molar-refractivity contribution in [2.75, 3.05) is 20.1 Å². The average molecular weight is 258 g/mol. The highest BCUT2D eigenvalue weighted by atomic mass is 16.4. The fourth-order valence-electron chi connectivity index (χ4n) is 1.56. The lowest BCUT2D eigenvalue weighted by Crippen LogP contribution is -2.46. The number of nitrogens with zero attached hydrogens (tertiary/aromatic N) is 2. The van der Waals surface area contributed by atoms with Crippen LogP contribution in [0.25, 0.3) is 0 Å². The molecule has 1 N–H and O–H groups in total. The largest absolute Gasteiger partial charge is 0.481 e. The van der Waals surface area contributed by atoms with Gasteiger partial charge in [0.15, 0.2) is 0 Å². The monoisotopic (exact) mass is 258 g/mol. The van der Waals surface area contributed by atoms with E-state index in [2.05, 4.69) is 13.8 Å². The molecule has 0 aliphatic rings. The number of rotatable bonds is 7. The molecule has 0 saturated carbocycles. The van der Waals surface area contributed by atoms with Gasteiger partial charge in [0.05, 0.1) is 6.42 Å². The van der Waals surface area contributed by atoms with E-state index >= 15 is 0 Å². The van der Waals surface area contributed by atoms with Crippen LogP contribution in [0.3, 0.4) is 0 Å². The first-order valence-electron chi connectivity index (χ1n) is 6.49. The summed E-state index contributed by atoms with van der Waals surface area (Å²) in [5.41, 5.74) is 0. The van der Waals surface area contributed by atoms with Gasteiger partial charge in [0.2, 0.25) is 0 Å². The Morgan fingerprint density at radius 2 is 1.67 bits per heavy atom. The van der Waals surface area contributed by atoms with Gasteiger partial charge < -0.3 is 14.9 Å². The normalized spacial score (nSPS) is 10.8. The Labute approximate surface area is 110 Å². The summed E-state index contributed by atoms with van der Waals surface area (Å²) in [6, 6.07) is -0.0785. The molecule has 2 amide bonds. The molecular formula is C13H26N2O3. The second-order valence-corrected chi connectivity index (χ2v) is 5.32. The van der Waals surface area contributed by atoms with Crippen LogP contribution in [0.5, 0.6) is 0 Å². The van der Waals surface area contributed by atoms with Crippen LogP contribution in [0.15, 0.2) is 0 Å². The van der Waals surface area contributed by atoms with Crippen LogP contribution < -0.4 is 0 Å². The van der Waals surface area contributed by atoms with E-state index < -0.39 is 5.97 Å². The Kier molecular flexibility index (Phi) is 7.39. The lowest BCUT2D eigenvalue weighted by molar-refractivity contribution is -0.137. The van der Waals surface area contributed by atoms with Crippen molar-refractivity contribution in [1.82, 2.24) is 9.80 Å². The van der Waals surface area contributed by atoms with E-state index in [1.165, 1.54) is 0 Å². The fourth-order valence-corrected chi connectivity index (χ4v) is 1.56. The molecule has 0 spiro atoms. The minimum Gasteiger partial charge on any atom is -0.481 e. The molecular weight excluding hydrogens is 232 g/mol. The zero-order valence-electron chi connectivity index (χ0n) is 12.1. The molecule has 0 heterocycles. The van der Waals surface area contributed by atoms with Gasteiger partial charge in [0.1, 0.15) is 0 Å². The highest BCUT2D eigenvalue weighted by Crippen LogP contribution is 2.07. The van der Waals surface area contributed by atoms with E-state index in [0.717, 1.165) is 6.42 Å². The van der Waals surface area contributed by atoms with Gasteiger partial charge in [-0.25, -0.2) is 4.79 Å². The van der Waals surface area contributed by atoms with Crippen LogP contribution in [0.1, 0.15) is 40.5 Å². The van der Waals surface area contributed by atoms with E-state index in [1.807, 2.05) is 13.8 Å². The predicted octanol–water partition coefficient (Wildman–Crippen LogP) is 2.27. The standard InChI is InChI=1S/C13H26N2O3/c1-10(2)6-8-14(5)13(18)15(11(3)4)9-7-12(16)17/h10-11H,6-9H2,1-5H3,(H,16,17). The summed E-state index contributed by atoms with van der Waals surface area (Å²) in [6.07, 6.45) is 0.940. The molecule has 0 radical (unpaired) electrons. The Hall–Kier alpha value is -1.26. The minimum atomic E-state index is -0.877. The molecule has 0 saturated heterocycles. The molecule has 0 aromatic rings. The highest BCUT2D eigenvalue weighted by molar-refractivity contribution is 5.75. The maximum atomic E-state index is 12.2. The van der Waals surface area contributed by atoms with Gasteiger partial charge in [-0.05, 0) is 26.2 Å². The Morgan fingerprint density at radius 1 is 1.11 bits per heavy atom. The molecule has 0 atom stereocenters. The molecule has 0 fully saturated rings. The van der Waals surface area contributed by atoms with Crippen molar-refractivity contribution in [3.63, 3.8) is 0 Å². The third-order valence-corrected chi connectivity index (χ3v) is 2.80. The summed E-state index contributed by atoms with van der Waals surface area (Å²) in [5.74, 6) is -0.329. The quantitative estimate of drug-likeness (QED) is 0.762. The van der Waals surface area contributed by atoms with Gasteiger partial charge in [-0.1, -0.05) is 13.8 Å². The highest BCUT2D eigenvalue weighted by Gasteiger charge is 2.21. The smallest absolute Gasteiger partial charge is 0.319 e. The number of aliphatic carboxylic acids is 1. The average Bonchev–Trinajstić information content (AvgIpc) is 2.24. The summed E-state index contributed by atoms with van der Waals surface area (Å²) in [6.45, 7) is 8.99. The first kappa shape index (κ1) is 16.7. The number of carbonyl (C=O) groups excluding carboxylic acids is 1. The van der Waals surface area contributed by atoms with Crippen LogP contribution in [-0.4, -0.2) is 53.1 Å². The topological polar surface area (TPSA) is 60.9 Å². The van der Waals surface area contributed by atoms with Gasteiger partial charge in [-0.3, -0.25) is 4.79 Å². The van der Waals surface area contributed by atoms with E-state index in [4.69, 9.17) is 5.11 Å².